The molecule has 0 aromatic rings. The van der Waals surface area contributed by atoms with Crippen molar-refractivity contribution < 1.29 is 14.3 Å². The molecule has 0 radical (unpaired) electrons. The first-order chi connectivity index (χ1) is 11.3. The number of rotatable bonds is 3. The third kappa shape index (κ3) is 4.21. The van der Waals surface area contributed by atoms with Gasteiger partial charge in [0.2, 0.25) is 5.91 Å². The van der Waals surface area contributed by atoms with Crippen LogP contribution in [0.3, 0.4) is 0 Å². The van der Waals surface area contributed by atoms with E-state index in [1.54, 1.807) is 0 Å². The summed E-state index contributed by atoms with van der Waals surface area (Å²) in [4.78, 5) is 28.6. The highest BCUT2D eigenvalue weighted by molar-refractivity contribution is 5.78. The highest BCUT2D eigenvalue weighted by Crippen LogP contribution is 2.31. The molecule has 2 saturated heterocycles. The van der Waals surface area contributed by atoms with Gasteiger partial charge in [0.1, 0.15) is 5.60 Å². The molecular weight excluding hydrogens is 306 g/mol. The van der Waals surface area contributed by atoms with E-state index in [2.05, 4.69) is 10.2 Å². The van der Waals surface area contributed by atoms with Crippen LogP contribution in [-0.2, 0) is 9.53 Å². The number of carbonyl (C=O) groups excluding carboxylic acids is 2. The number of fused-ring (bicyclic) bond motifs is 2. The molecule has 2 bridgehead atoms. The van der Waals surface area contributed by atoms with E-state index in [0.29, 0.717) is 25.2 Å². The number of carbonyl (C=O) groups is 2. The molecule has 6 nitrogen and oxygen atoms in total. The quantitative estimate of drug-likeness (QED) is 0.857. The van der Waals surface area contributed by atoms with E-state index in [0.717, 1.165) is 25.8 Å². The van der Waals surface area contributed by atoms with Crippen molar-refractivity contribution in [1.29, 1.82) is 0 Å². The van der Waals surface area contributed by atoms with E-state index in [1.165, 1.54) is 19.3 Å². The van der Waals surface area contributed by atoms with Gasteiger partial charge in [-0.2, -0.15) is 0 Å². The average Bonchev–Trinajstić information content (AvgIpc) is 3.06. The molecule has 0 unspecified atom stereocenters. The Bertz CT molecular complexity index is 482. The second-order valence-corrected chi connectivity index (χ2v) is 8.51. The van der Waals surface area contributed by atoms with Crippen LogP contribution < -0.4 is 5.32 Å². The molecule has 1 N–H and O–H groups in total. The molecule has 2 aliphatic heterocycles. The van der Waals surface area contributed by atoms with Crippen molar-refractivity contribution in [3.05, 3.63) is 0 Å². The summed E-state index contributed by atoms with van der Waals surface area (Å²) in [6.45, 7) is 7.58. The van der Waals surface area contributed by atoms with Crippen LogP contribution in [0.4, 0.5) is 4.79 Å². The molecule has 6 heteroatoms. The predicted octanol–water partition coefficient (Wildman–Crippen LogP) is 2.13. The molecule has 1 aliphatic carbocycles. The van der Waals surface area contributed by atoms with Crippen LogP contribution in [0.15, 0.2) is 0 Å². The standard InChI is InChI=1S/C18H31N3O3/c1-18(2,3)24-17(23)21-11-14-9-15(21)10-20(14)12-16(22)19-13-7-5-4-6-8-13/h13-15H,4-12H2,1-3H3,(H,19,22)/t14-,15-/m0/s1. The van der Waals surface area contributed by atoms with Gasteiger partial charge >= 0.3 is 6.09 Å². The zero-order chi connectivity index (χ0) is 17.3. The normalized spacial score (nSPS) is 28.2. The molecule has 0 aromatic heterocycles. The topological polar surface area (TPSA) is 61.9 Å². The Morgan fingerprint density at radius 2 is 1.79 bits per heavy atom. The third-order valence-corrected chi connectivity index (χ3v) is 5.30. The van der Waals surface area contributed by atoms with Crippen molar-refractivity contribution >= 4 is 12.0 Å². The minimum atomic E-state index is -0.460. The van der Waals surface area contributed by atoms with Gasteiger partial charge in [-0.3, -0.25) is 9.69 Å². The zero-order valence-electron chi connectivity index (χ0n) is 15.2. The molecular formula is C18H31N3O3. The van der Waals surface area contributed by atoms with E-state index >= 15 is 0 Å². The smallest absolute Gasteiger partial charge is 0.410 e. The van der Waals surface area contributed by atoms with Gasteiger partial charge in [0, 0.05) is 31.2 Å². The molecule has 3 fully saturated rings. The fraction of sp³-hybridized carbons (Fsp3) is 0.889. The van der Waals surface area contributed by atoms with Crippen molar-refractivity contribution in [3.63, 3.8) is 0 Å². The minimum Gasteiger partial charge on any atom is -0.444 e. The Labute approximate surface area is 144 Å². The first kappa shape index (κ1) is 17.5. The summed E-state index contributed by atoms with van der Waals surface area (Å²) in [6.07, 6.45) is 6.71. The first-order valence-electron chi connectivity index (χ1n) is 9.35. The van der Waals surface area contributed by atoms with E-state index < -0.39 is 5.60 Å². The van der Waals surface area contributed by atoms with Crippen molar-refractivity contribution in [2.45, 2.75) is 83.0 Å². The van der Waals surface area contributed by atoms with Crippen LogP contribution in [0, 0.1) is 0 Å². The number of ether oxygens (including phenoxy) is 1. The summed E-state index contributed by atoms with van der Waals surface area (Å²) in [5, 5.41) is 3.18. The number of hydrogen-bond acceptors (Lipinski definition) is 4. The zero-order valence-corrected chi connectivity index (χ0v) is 15.2. The lowest BCUT2D eigenvalue weighted by molar-refractivity contribution is -0.123. The molecule has 2 heterocycles. The van der Waals surface area contributed by atoms with Gasteiger partial charge < -0.3 is 15.0 Å². The second kappa shape index (κ2) is 6.90. The number of nitrogens with one attached hydrogen (secondary N) is 1. The van der Waals surface area contributed by atoms with Gasteiger partial charge in [0.15, 0.2) is 0 Å². The van der Waals surface area contributed by atoms with Crippen molar-refractivity contribution in [1.82, 2.24) is 15.1 Å². The maximum absolute atomic E-state index is 12.3. The number of nitrogens with zero attached hydrogens (tertiary/aromatic N) is 2. The van der Waals surface area contributed by atoms with Gasteiger partial charge in [-0.1, -0.05) is 19.3 Å². The summed E-state index contributed by atoms with van der Waals surface area (Å²) < 4.78 is 5.48. The van der Waals surface area contributed by atoms with Crippen molar-refractivity contribution in [2.24, 2.45) is 0 Å². The van der Waals surface area contributed by atoms with Crippen molar-refractivity contribution in [2.75, 3.05) is 19.6 Å². The Hall–Kier alpha value is -1.30. The van der Waals surface area contributed by atoms with Gasteiger partial charge in [-0.05, 0) is 40.0 Å². The Kier molecular flexibility index (Phi) is 5.04. The number of hydrogen-bond donors (Lipinski definition) is 1. The van der Waals surface area contributed by atoms with E-state index in [9.17, 15) is 9.59 Å². The second-order valence-electron chi connectivity index (χ2n) is 8.51. The predicted molar refractivity (Wildman–Crippen MR) is 91.7 cm³/mol. The maximum atomic E-state index is 12.3. The van der Waals surface area contributed by atoms with Crippen LogP contribution in [-0.4, -0.2) is 65.2 Å². The van der Waals surface area contributed by atoms with Crippen LogP contribution in [0.5, 0.6) is 0 Å². The van der Waals surface area contributed by atoms with Crippen LogP contribution in [0.2, 0.25) is 0 Å². The monoisotopic (exact) mass is 337 g/mol. The minimum absolute atomic E-state index is 0.137. The van der Waals surface area contributed by atoms with Gasteiger partial charge in [0.05, 0.1) is 6.54 Å². The maximum Gasteiger partial charge on any atom is 0.410 e. The molecule has 3 aliphatic rings. The number of likely N-dealkylation sites (tertiary alicyclic amines) is 2. The van der Waals surface area contributed by atoms with Gasteiger partial charge in [-0.15, -0.1) is 0 Å². The highest BCUT2D eigenvalue weighted by atomic mass is 16.6. The van der Waals surface area contributed by atoms with E-state index in [-0.39, 0.29) is 18.0 Å². The summed E-state index contributed by atoms with van der Waals surface area (Å²) in [5.41, 5.74) is -0.460. The van der Waals surface area contributed by atoms with Crippen LogP contribution in [0.25, 0.3) is 0 Å². The molecule has 2 amide bonds. The fourth-order valence-electron chi connectivity index (χ4n) is 4.19. The SMILES string of the molecule is CC(C)(C)OC(=O)N1C[C@@H]2C[C@H]1CN2CC(=O)NC1CCCCC1. The van der Waals surface area contributed by atoms with Crippen LogP contribution in [0.1, 0.15) is 59.3 Å². The fourth-order valence-corrected chi connectivity index (χ4v) is 4.19. The molecule has 0 aromatic carbocycles. The summed E-state index contributed by atoms with van der Waals surface area (Å²) in [6, 6.07) is 0.844. The Balaban J connectivity index is 1.45. The van der Waals surface area contributed by atoms with E-state index in [4.69, 9.17) is 4.74 Å². The molecule has 3 rings (SSSR count). The van der Waals surface area contributed by atoms with Gasteiger partial charge in [0.25, 0.3) is 0 Å². The Morgan fingerprint density at radius 1 is 1.08 bits per heavy atom. The molecule has 2 atom stereocenters. The number of amides is 2. The van der Waals surface area contributed by atoms with Crippen LogP contribution >= 0.6 is 0 Å². The summed E-state index contributed by atoms with van der Waals surface area (Å²) >= 11 is 0. The van der Waals surface area contributed by atoms with E-state index in [1.807, 2.05) is 25.7 Å². The van der Waals surface area contributed by atoms with Crippen molar-refractivity contribution in [3.8, 4) is 0 Å². The molecule has 136 valence electrons. The van der Waals surface area contributed by atoms with Gasteiger partial charge in [-0.25, -0.2) is 4.79 Å². The lowest BCUT2D eigenvalue weighted by atomic mass is 9.95. The Morgan fingerprint density at radius 3 is 2.38 bits per heavy atom. The third-order valence-electron chi connectivity index (χ3n) is 5.30. The first-order valence-corrected chi connectivity index (χ1v) is 9.35. The lowest BCUT2D eigenvalue weighted by Gasteiger charge is -2.35. The summed E-state index contributed by atoms with van der Waals surface area (Å²) in [5.74, 6) is 0.137. The lowest BCUT2D eigenvalue weighted by Crippen LogP contribution is -2.52. The average molecular weight is 337 g/mol. The summed E-state index contributed by atoms with van der Waals surface area (Å²) in [7, 11) is 0. The largest absolute Gasteiger partial charge is 0.444 e. The molecule has 0 spiro atoms. The number of piperazine rings is 1. The molecule has 1 saturated carbocycles. The highest BCUT2D eigenvalue weighted by Gasteiger charge is 2.46. The molecule has 24 heavy (non-hydrogen) atoms.